The molecule has 1 aromatic heterocycles. The van der Waals surface area contributed by atoms with Crippen LogP contribution in [0.2, 0.25) is 0 Å². The van der Waals surface area contributed by atoms with Crippen LogP contribution >= 0.6 is 0 Å². The molecular formula is C8H12N4O. The Bertz CT molecular complexity index is 329. The maximum atomic E-state index is 11.4. The van der Waals surface area contributed by atoms with Crippen molar-refractivity contribution in [2.24, 2.45) is 0 Å². The lowest BCUT2D eigenvalue weighted by Crippen LogP contribution is -2.52. The standard InChI is InChI=1S/C8H12N4O/c13-8-7-10-3-6-12(8)11-4-1-9-2-5-11/h3,6-7,9H,1-2,4-5H2. The molecule has 1 aliphatic rings. The van der Waals surface area contributed by atoms with Gasteiger partial charge in [0.15, 0.2) is 0 Å². The summed E-state index contributed by atoms with van der Waals surface area (Å²) in [6.07, 6.45) is 4.67. The van der Waals surface area contributed by atoms with Gasteiger partial charge in [0.2, 0.25) is 0 Å². The molecule has 1 saturated heterocycles. The summed E-state index contributed by atoms with van der Waals surface area (Å²) in [6, 6.07) is 0. The molecule has 5 nitrogen and oxygen atoms in total. The largest absolute Gasteiger partial charge is 0.313 e. The summed E-state index contributed by atoms with van der Waals surface area (Å²) in [5, 5.41) is 5.25. The zero-order valence-electron chi connectivity index (χ0n) is 7.31. The molecule has 2 rings (SSSR count). The van der Waals surface area contributed by atoms with Crippen molar-refractivity contribution in [1.82, 2.24) is 15.0 Å². The van der Waals surface area contributed by atoms with Crippen molar-refractivity contribution in [2.45, 2.75) is 0 Å². The normalized spacial score (nSPS) is 17.4. The van der Waals surface area contributed by atoms with Crippen molar-refractivity contribution >= 4 is 0 Å². The van der Waals surface area contributed by atoms with Crippen molar-refractivity contribution in [3.63, 3.8) is 0 Å². The molecule has 1 fully saturated rings. The van der Waals surface area contributed by atoms with Crippen LogP contribution in [0.4, 0.5) is 0 Å². The van der Waals surface area contributed by atoms with Gasteiger partial charge < -0.3 is 10.3 Å². The van der Waals surface area contributed by atoms with Crippen molar-refractivity contribution in [3.8, 4) is 0 Å². The van der Waals surface area contributed by atoms with E-state index in [1.807, 2.05) is 5.01 Å². The van der Waals surface area contributed by atoms with Gasteiger partial charge in [-0.2, -0.15) is 0 Å². The summed E-state index contributed by atoms with van der Waals surface area (Å²) in [5.41, 5.74) is -0.0654. The zero-order chi connectivity index (χ0) is 9.10. The molecule has 0 aliphatic carbocycles. The van der Waals surface area contributed by atoms with E-state index in [9.17, 15) is 4.79 Å². The molecule has 0 aromatic carbocycles. The van der Waals surface area contributed by atoms with Crippen LogP contribution < -0.4 is 15.9 Å². The predicted molar refractivity (Wildman–Crippen MR) is 49.3 cm³/mol. The maximum Gasteiger partial charge on any atom is 0.287 e. The molecule has 0 unspecified atom stereocenters. The Kier molecular flexibility index (Phi) is 2.27. The molecule has 2 heterocycles. The molecule has 1 N–H and O–H groups in total. The third-order valence-corrected chi connectivity index (χ3v) is 2.10. The molecule has 0 amide bonds. The number of hydrogen-bond acceptors (Lipinski definition) is 4. The first kappa shape index (κ1) is 8.25. The minimum absolute atomic E-state index is 0.0654. The average Bonchev–Trinajstić information content (AvgIpc) is 2.20. The lowest BCUT2D eigenvalue weighted by atomic mass is 10.4. The molecule has 0 atom stereocenters. The quantitative estimate of drug-likeness (QED) is 0.589. The fourth-order valence-electron chi connectivity index (χ4n) is 1.44. The monoisotopic (exact) mass is 180 g/mol. The third kappa shape index (κ3) is 1.70. The van der Waals surface area contributed by atoms with Gasteiger partial charge in [0, 0.05) is 38.6 Å². The second-order valence-electron chi connectivity index (χ2n) is 2.96. The minimum Gasteiger partial charge on any atom is -0.313 e. The van der Waals surface area contributed by atoms with E-state index in [0.717, 1.165) is 26.2 Å². The van der Waals surface area contributed by atoms with Crippen LogP contribution in [0.1, 0.15) is 0 Å². The summed E-state index contributed by atoms with van der Waals surface area (Å²) < 4.78 is 1.62. The first-order chi connectivity index (χ1) is 6.38. The van der Waals surface area contributed by atoms with Gasteiger partial charge >= 0.3 is 0 Å². The minimum atomic E-state index is -0.0654. The van der Waals surface area contributed by atoms with Crippen molar-refractivity contribution in [2.75, 3.05) is 31.2 Å². The first-order valence-electron chi connectivity index (χ1n) is 4.36. The summed E-state index contributed by atoms with van der Waals surface area (Å²) in [5.74, 6) is 0. The second-order valence-corrected chi connectivity index (χ2v) is 2.96. The van der Waals surface area contributed by atoms with E-state index in [-0.39, 0.29) is 5.56 Å². The smallest absolute Gasteiger partial charge is 0.287 e. The number of rotatable bonds is 1. The van der Waals surface area contributed by atoms with Crippen molar-refractivity contribution < 1.29 is 0 Å². The van der Waals surface area contributed by atoms with Crippen LogP contribution in [0.3, 0.4) is 0 Å². The predicted octanol–water partition coefficient (Wildman–Crippen LogP) is -1.22. The molecular weight excluding hydrogens is 168 g/mol. The van der Waals surface area contributed by atoms with E-state index < -0.39 is 0 Å². The van der Waals surface area contributed by atoms with E-state index in [0.29, 0.717) is 0 Å². The number of hydrogen-bond donors (Lipinski definition) is 1. The van der Waals surface area contributed by atoms with Gasteiger partial charge in [-0.25, -0.2) is 4.68 Å². The van der Waals surface area contributed by atoms with E-state index in [1.54, 1.807) is 17.1 Å². The highest BCUT2D eigenvalue weighted by Gasteiger charge is 2.09. The third-order valence-electron chi connectivity index (χ3n) is 2.10. The first-order valence-corrected chi connectivity index (χ1v) is 4.36. The van der Waals surface area contributed by atoms with Crippen LogP contribution in [0.5, 0.6) is 0 Å². The van der Waals surface area contributed by atoms with Crippen LogP contribution in [0, 0.1) is 0 Å². The average molecular weight is 180 g/mol. The lowest BCUT2D eigenvalue weighted by Gasteiger charge is -2.30. The molecule has 0 saturated carbocycles. The number of piperazine rings is 1. The van der Waals surface area contributed by atoms with Gasteiger partial charge in [-0.1, -0.05) is 0 Å². The van der Waals surface area contributed by atoms with Gasteiger partial charge in [-0.15, -0.1) is 0 Å². The van der Waals surface area contributed by atoms with Crippen LogP contribution in [0.15, 0.2) is 23.4 Å². The van der Waals surface area contributed by atoms with Crippen molar-refractivity contribution in [3.05, 3.63) is 28.9 Å². The second kappa shape index (κ2) is 3.57. The van der Waals surface area contributed by atoms with E-state index in [1.165, 1.54) is 6.20 Å². The molecule has 1 aromatic rings. The van der Waals surface area contributed by atoms with Crippen LogP contribution in [-0.2, 0) is 0 Å². The lowest BCUT2D eigenvalue weighted by molar-refractivity contribution is 0.480. The Hall–Kier alpha value is -1.36. The molecule has 70 valence electrons. The van der Waals surface area contributed by atoms with E-state index >= 15 is 0 Å². The van der Waals surface area contributed by atoms with E-state index in [2.05, 4.69) is 10.3 Å². The Morgan fingerprint density at radius 2 is 2.15 bits per heavy atom. The molecule has 0 radical (unpaired) electrons. The Morgan fingerprint density at radius 3 is 2.85 bits per heavy atom. The zero-order valence-corrected chi connectivity index (χ0v) is 7.31. The molecule has 13 heavy (non-hydrogen) atoms. The molecule has 5 heteroatoms. The highest BCUT2D eigenvalue weighted by atomic mass is 16.1. The highest BCUT2D eigenvalue weighted by Crippen LogP contribution is 1.89. The summed E-state index contributed by atoms with van der Waals surface area (Å²) >= 11 is 0. The fourth-order valence-corrected chi connectivity index (χ4v) is 1.44. The van der Waals surface area contributed by atoms with Gasteiger partial charge in [0.05, 0.1) is 6.20 Å². The Labute approximate surface area is 76.0 Å². The van der Waals surface area contributed by atoms with Crippen LogP contribution in [0.25, 0.3) is 0 Å². The van der Waals surface area contributed by atoms with Gasteiger partial charge in [0.25, 0.3) is 5.56 Å². The molecule has 0 bridgehead atoms. The highest BCUT2D eigenvalue weighted by molar-refractivity contribution is 4.94. The van der Waals surface area contributed by atoms with Crippen LogP contribution in [-0.4, -0.2) is 35.8 Å². The maximum absolute atomic E-state index is 11.4. The number of aromatic nitrogens is 2. The Morgan fingerprint density at radius 1 is 1.38 bits per heavy atom. The Balaban J connectivity index is 2.24. The van der Waals surface area contributed by atoms with Gasteiger partial charge in [-0.3, -0.25) is 9.78 Å². The number of nitrogens with one attached hydrogen (secondary N) is 1. The van der Waals surface area contributed by atoms with Crippen molar-refractivity contribution in [1.29, 1.82) is 0 Å². The summed E-state index contributed by atoms with van der Waals surface area (Å²) in [4.78, 5) is 15.1. The van der Waals surface area contributed by atoms with Gasteiger partial charge in [-0.05, 0) is 0 Å². The molecule has 0 spiro atoms. The number of nitrogens with zero attached hydrogens (tertiary/aromatic N) is 3. The van der Waals surface area contributed by atoms with Gasteiger partial charge in [0.1, 0.15) is 0 Å². The SMILES string of the molecule is O=c1cnccn1N1CCNCC1. The summed E-state index contributed by atoms with van der Waals surface area (Å²) in [7, 11) is 0. The topological polar surface area (TPSA) is 50.2 Å². The van der Waals surface area contributed by atoms with E-state index in [4.69, 9.17) is 0 Å². The molecule has 1 aliphatic heterocycles. The fraction of sp³-hybridized carbons (Fsp3) is 0.500. The summed E-state index contributed by atoms with van der Waals surface area (Å²) in [6.45, 7) is 3.58.